The first-order valence-electron chi connectivity index (χ1n) is 7.83. The van der Waals surface area contributed by atoms with Crippen LogP contribution in [-0.4, -0.2) is 24.9 Å². The molecule has 0 radical (unpaired) electrons. The summed E-state index contributed by atoms with van der Waals surface area (Å²) in [7, 11) is 0. The summed E-state index contributed by atoms with van der Waals surface area (Å²) >= 11 is 0. The van der Waals surface area contributed by atoms with E-state index in [1.165, 1.54) is 6.92 Å². The van der Waals surface area contributed by atoms with Crippen LogP contribution >= 0.6 is 0 Å². The lowest BCUT2D eigenvalue weighted by atomic mass is 10.1. The third kappa shape index (κ3) is 12.7. The highest BCUT2D eigenvalue weighted by molar-refractivity contribution is 5.65. The molecule has 0 aromatic rings. The first-order chi connectivity index (χ1) is 10.4. The second kappa shape index (κ2) is 12.5. The van der Waals surface area contributed by atoms with E-state index in [1.54, 1.807) is 0 Å². The highest BCUT2D eigenvalue weighted by atomic mass is 19.3. The van der Waals surface area contributed by atoms with Crippen LogP contribution in [0.15, 0.2) is 12.2 Å². The summed E-state index contributed by atoms with van der Waals surface area (Å²) < 4.78 is 53.6. The molecule has 0 aliphatic carbocycles. The molecular formula is C16H26F4O2. The maximum Gasteiger partial charge on any atom is 0.325 e. The van der Waals surface area contributed by atoms with Gasteiger partial charge in [0.15, 0.2) is 0 Å². The molecule has 0 fully saturated rings. The van der Waals surface area contributed by atoms with E-state index in [4.69, 9.17) is 4.74 Å². The number of unbranched alkanes of at least 4 members (excludes halogenated alkanes) is 8. The number of carbonyl (C=O) groups is 1. The summed E-state index contributed by atoms with van der Waals surface area (Å²) in [4.78, 5) is 10.5. The van der Waals surface area contributed by atoms with Gasteiger partial charge in [0.1, 0.15) is 0 Å². The zero-order chi connectivity index (χ0) is 16.8. The predicted molar refractivity (Wildman–Crippen MR) is 78.3 cm³/mol. The summed E-state index contributed by atoms with van der Waals surface area (Å²) in [5.74, 6) is -4.26. The van der Waals surface area contributed by atoms with Crippen molar-refractivity contribution in [2.75, 3.05) is 6.61 Å². The standard InChI is InChI=1S/C16H26F4O2/c1-14(21)22-13-11-9-7-5-3-2-4-6-8-10-12-16(19,20)15(17)18/h10,12,15H,2-9,11,13H2,1H3/b12-10+. The van der Waals surface area contributed by atoms with Gasteiger partial charge in [-0.05, 0) is 25.3 Å². The van der Waals surface area contributed by atoms with Gasteiger partial charge in [-0.2, -0.15) is 8.78 Å². The van der Waals surface area contributed by atoms with Gasteiger partial charge in [-0.1, -0.05) is 44.6 Å². The Bertz CT molecular complexity index is 317. The quantitative estimate of drug-likeness (QED) is 0.193. The lowest BCUT2D eigenvalue weighted by molar-refractivity contribution is -0.141. The van der Waals surface area contributed by atoms with Gasteiger partial charge in [-0.25, -0.2) is 8.78 Å². The smallest absolute Gasteiger partial charge is 0.325 e. The third-order valence-electron chi connectivity index (χ3n) is 3.20. The van der Waals surface area contributed by atoms with E-state index in [2.05, 4.69) is 0 Å². The highest BCUT2D eigenvalue weighted by Crippen LogP contribution is 2.24. The molecule has 0 amide bonds. The Morgan fingerprint density at radius 1 is 1.00 bits per heavy atom. The molecule has 0 unspecified atom stereocenters. The van der Waals surface area contributed by atoms with E-state index in [1.807, 2.05) is 0 Å². The Balaban J connectivity index is 3.31. The van der Waals surface area contributed by atoms with E-state index < -0.39 is 12.3 Å². The van der Waals surface area contributed by atoms with Crippen molar-refractivity contribution in [3.05, 3.63) is 12.2 Å². The molecule has 0 atom stereocenters. The summed E-state index contributed by atoms with van der Waals surface area (Å²) in [5, 5.41) is 0. The minimum absolute atomic E-state index is 0.250. The highest BCUT2D eigenvalue weighted by Gasteiger charge is 2.37. The van der Waals surface area contributed by atoms with Crippen LogP contribution in [0.25, 0.3) is 0 Å². The fourth-order valence-electron chi connectivity index (χ4n) is 1.95. The van der Waals surface area contributed by atoms with Gasteiger partial charge < -0.3 is 4.74 Å². The molecule has 0 aliphatic heterocycles. The number of ether oxygens (including phenoxy) is 1. The van der Waals surface area contributed by atoms with Crippen LogP contribution in [-0.2, 0) is 9.53 Å². The van der Waals surface area contributed by atoms with Crippen molar-refractivity contribution in [2.24, 2.45) is 0 Å². The number of halogens is 4. The van der Waals surface area contributed by atoms with E-state index in [9.17, 15) is 22.4 Å². The normalized spacial score (nSPS) is 12.3. The lowest BCUT2D eigenvalue weighted by Crippen LogP contribution is -2.22. The molecule has 0 spiro atoms. The van der Waals surface area contributed by atoms with Crippen LogP contribution in [0.2, 0.25) is 0 Å². The van der Waals surface area contributed by atoms with Gasteiger partial charge in [-0.3, -0.25) is 4.79 Å². The maximum atomic E-state index is 12.5. The second-order valence-electron chi connectivity index (χ2n) is 5.33. The fourth-order valence-corrected chi connectivity index (χ4v) is 1.95. The third-order valence-corrected chi connectivity index (χ3v) is 3.20. The Morgan fingerprint density at radius 3 is 2.00 bits per heavy atom. The van der Waals surface area contributed by atoms with Crippen molar-refractivity contribution >= 4 is 5.97 Å². The summed E-state index contributed by atoms with van der Waals surface area (Å²) in [6.45, 7) is 1.87. The Morgan fingerprint density at radius 2 is 1.50 bits per heavy atom. The topological polar surface area (TPSA) is 26.3 Å². The molecule has 0 aliphatic rings. The molecule has 0 N–H and O–H groups in total. The number of allylic oxidation sites excluding steroid dienone is 2. The summed E-state index contributed by atoms with van der Waals surface area (Å²) in [6.07, 6.45) is 6.05. The predicted octanol–water partition coefficient (Wildman–Crippen LogP) is 5.52. The average Bonchev–Trinajstić information content (AvgIpc) is 2.43. The zero-order valence-electron chi connectivity index (χ0n) is 13.1. The minimum atomic E-state index is -4.01. The first-order valence-corrected chi connectivity index (χ1v) is 7.83. The molecule has 6 heteroatoms. The Hall–Kier alpha value is -1.07. The molecule has 0 saturated heterocycles. The molecule has 0 saturated carbocycles. The van der Waals surface area contributed by atoms with Gasteiger partial charge in [0.2, 0.25) is 0 Å². The molecular weight excluding hydrogens is 300 g/mol. The number of hydrogen-bond donors (Lipinski definition) is 0. The number of alkyl halides is 4. The number of rotatable bonds is 13. The number of hydrogen-bond acceptors (Lipinski definition) is 2. The van der Waals surface area contributed by atoms with Crippen LogP contribution in [0.3, 0.4) is 0 Å². The molecule has 0 rings (SSSR count). The van der Waals surface area contributed by atoms with E-state index in [0.29, 0.717) is 19.1 Å². The molecule has 0 aromatic heterocycles. The molecule has 0 aromatic carbocycles. The fraction of sp³-hybridized carbons (Fsp3) is 0.812. The van der Waals surface area contributed by atoms with E-state index >= 15 is 0 Å². The lowest BCUT2D eigenvalue weighted by Gasteiger charge is -2.09. The average molecular weight is 326 g/mol. The number of carbonyl (C=O) groups excluding carboxylic acids is 1. The SMILES string of the molecule is CC(=O)OCCCCCCCCCC/C=C/C(F)(F)C(F)F. The first kappa shape index (κ1) is 20.9. The van der Waals surface area contributed by atoms with Gasteiger partial charge in [0, 0.05) is 6.92 Å². The monoisotopic (exact) mass is 326 g/mol. The van der Waals surface area contributed by atoms with Crippen LogP contribution in [0.5, 0.6) is 0 Å². The second-order valence-corrected chi connectivity index (χ2v) is 5.33. The van der Waals surface area contributed by atoms with Crippen LogP contribution in [0.4, 0.5) is 17.6 Å². The van der Waals surface area contributed by atoms with Gasteiger partial charge in [0.05, 0.1) is 6.61 Å². The molecule has 22 heavy (non-hydrogen) atoms. The summed E-state index contributed by atoms with van der Waals surface area (Å²) in [5.41, 5.74) is 0. The van der Waals surface area contributed by atoms with Gasteiger partial charge in [-0.15, -0.1) is 0 Å². The van der Waals surface area contributed by atoms with Gasteiger partial charge in [0.25, 0.3) is 0 Å². The minimum Gasteiger partial charge on any atom is -0.466 e. The van der Waals surface area contributed by atoms with Crippen LogP contribution in [0.1, 0.15) is 64.7 Å². The molecule has 2 nitrogen and oxygen atoms in total. The van der Waals surface area contributed by atoms with Crippen molar-refractivity contribution in [3.8, 4) is 0 Å². The van der Waals surface area contributed by atoms with Crippen molar-refractivity contribution in [1.82, 2.24) is 0 Å². The van der Waals surface area contributed by atoms with E-state index in [0.717, 1.165) is 57.4 Å². The van der Waals surface area contributed by atoms with Crippen molar-refractivity contribution < 1.29 is 27.1 Å². The zero-order valence-corrected chi connectivity index (χ0v) is 13.1. The van der Waals surface area contributed by atoms with Crippen LogP contribution in [0, 0.1) is 0 Å². The largest absolute Gasteiger partial charge is 0.466 e. The van der Waals surface area contributed by atoms with Crippen LogP contribution < -0.4 is 0 Å². The molecule has 0 heterocycles. The number of esters is 1. The van der Waals surface area contributed by atoms with E-state index in [-0.39, 0.29) is 5.97 Å². The Kier molecular flexibility index (Phi) is 11.9. The van der Waals surface area contributed by atoms with Crippen molar-refractivity contribution in [1.29, 1.82) is 0 Å². The van der Waals surface area contributed by atoms with Gasteiger partial charge >= 0.3 is 18.3 Å². The summed E-state index contributed by atoms with van der Waals surface area (Å²) in [6, 6.07) is 0. The van der Waals surface area contributed by atoms with Crippen molar-refractivity contribution in [2.45, 2.75) is 77.1 Å². The molecule has 130 valence electrons. The maximum absolute atomic E-state index is 12.5. The Labute approximate surface area is 129 Å². The molecule has 0 bridgehead atoms. The van der Waals surface area contributed by atoms with Crippen molar-refractivity contribution in [3.63, 3.8) is 0 Å².